The van der Waals surface area contributed by atoms with Gasteiger partial charge in [0.05, 0.1) is 11.5 Å². The third kappa shape index (κ3) is 5.44. The van der Waals surface area contributed by atoms with Crippen molar-refractivity contribution in [1.29, 1.82) is 0 Å². The van der Waals surface area contributed by atoms with E-state index in [1.807, 2.05) is 66.9 Å². The average Bonchev–Trinajstić information content (AvgIpc) is 3.03. The summed E-state index contributed by atoms with van der Waals surface area (Å²) in [5.74, 6) is 1.23. The van der Waals surface area contributed by atoms with E-state index < -0.39 is 5.41 Å². The van der Waals surface area contributed by atoms with Gasteiger partial charge in [0.2, 0.25) is 5.91 Å². The van der Waals surface area contributed by atoms with E-state index in [1.165, 1.54) is 16.9 Å². The van der Waals surface area contributed by atoms with Crippen LogP contribution >= 0.6 is 23.4 Å². The fraction of sp³-hybridized carbons (Fsp3) is 0.300. The van der Waals surface area contributed by atoms with Crippen LogP contribution in [0.25, 0.3) is 0 Å². The predicted molar refractivity (Wildman–Crippen MR) is 151 cm³/mol. The van der Waals surface area contributed by atoms with Gasteiger partial charge in [0.25, 0.3) is 0 Å². The highest BCUT2D eigenvalue weighted by Crippen LogP contribution is 2.46. The lowest BCUT2D eigenvalue weighted by Gasteiger charge is -2.27. The predicted octanol–water partition coefficient (Wildman–Crippen LogP) is 8.40. The van der Waals surface area contributed by atoms with E-state index in [-0.39, 0.29) is 11.9 Å². The van der Waals surface area contributed by atoms with Crippen LogP contribution in [-0.4, -0.2) is 11.7 Å². The van der Waals surface area contributed by atoms with Gasteiger partial charge in [-0.3, -0.25) is 4.79 Å². The maximum absolute atomic E-state index is 13.5. The Morgan fingerprint density at radius 2 is 1.86 bits per heavy atom. The van der Waals surface area contributed by atoms with Gasteiger partial charge >= 0.3 is 0 Å². The van der Waals surface area contributed by atoms with Crippen molar-refractivity contribution in [2.75, 3.05) is 16.0 Å². The van der Waals surface area contributed by atoms with E-state index in [4.69, 9.17) is 11.6 Å². The van der Waals surface area contributed by atoms with Gasteiger partial charge in [0.1, 0.15) is 0 Å². The zero-order valence-corrected chi connectivity index (χ0v) is 22.5. The molecule has 0 bridgehead atoms. The highest BCUT2D eigenvalue weighted by molar-refractivity contribution is 7.99. The Morgan fingerprint density at radius 1 is 1.11 bits per heavy atom. The third-order valence-electron chi connectivity index (χ3n) is 6.54. The van der Waals surface area contributed by atoms with Crippen LogP contribution < -0.4 is 10.2 Å². The first kappa shape index (κ1) is 25.4. The van der Waals surface area contributed by atoms with Crippen molar-refractivity contribution < 1.29 is 4.79 Å². The Labute approximate surface area is 218 Å². The molecule has 1 unspecified atom stereocenters. The highest BCUT2D eigenvalue weighted by atomic mass is 35.5. The molecular formula is C30H33ClN2OS. The van der Waals surface area contributed by atoms with Crippen LogP contribution in [0.1, 0.15) is 56.8 Å². The lowest BCUT2D eigenvalue weighted by Crippen LogP contribution is -2.37. The number of nitrogens with one attached hydrogen (secondary N) is 1. The highest BCUT2D eigenvalue weighted by Gasteiger charge is 2.45. The number of anilines is 2. The van der Waals surface area contributed by atoms with Crippen molar-refractivity contribution in [1.82, 2.24) is 0 Å². The van der Waals surface area contributed by atoms with Gasteiger partial charge in [0.15, 0.2) is 0 Å². The molecule has 0 aliphatic carbocycles. The summed E-state index contributed by atoms with van der Waals surface area (Å²) in [5, 5.41) is 4.13. The molecule has 0 radical (unpaired) electrons. The molecule has 3 nitrogen and oxygen atoms in total. The van der Waals surface area contributed by atoms with E-state index in [2.05, 4.69) is 56.1 Å². The van der Waals surface area contributed by atoms with Crippen LogP contribution in [0.5, 0.6) is 0 Å². The number of amides is 1. The van der Waals surface area contributed by atoms with E-state index >= 15 is 0 Å². The summed E-state index contributed by atoms with van der Waals surface area (Å²) in [5.41, 5.74) is 5.46. The minimum atomic E-state index is -0.618. The van der Waals surface area contributed by atoms with Crippen molar-refractivity contribution in [2.24, 2.45) is 0 Å². The Bertz CT molecular complexity index is 1240. The molecule has 0 spiro atoms. The summed E-state index contributed by atoms with van der Waals surface area (Å²) < 4.78 is 0. The zero-order chi connectivity index (χ0) is 25.2. The van der Waals surface area contributed by atoms with Crippen LogP contribution in [0.3, 0.4) is 0 Å². The number of rotatable bonds is 9. The molecule has 5 heteroatoms. The molecule has 1 N–H and O–H groups in total. The number of fused-ring (bicyclic) bond motifs is 1. The third-order valence-corrected chi connectivity index (χ3v) is 7.99. The lowest BCUT2D eigenvalue weighted by atomic mass is 9.86. The number of carbonyl (C=O) groups excluding carboxylic acids is 1. The number of carbonyl (C=O) groups is 1. The number of thioether (sulfide) groups is 1. The Morgan fingerprint density at radius 3 is 2.54 bits per heavy atom. The molecule has 182 valence electrons. The number of hydrogen-bond donors (Lipinski definition) is 1. The topological polar surface area (TPSA) is 32.3 Å². The summed E-state index contributed by atoms with van der Waals surface area (Å²) in [6.45, 7) is 12.5. The molecule has 1 amide bonds. The minimum Gasteiger partial charge on any atom is -0.359 e. The SMILES string of the molecule is C=C(Cc1ccc(SCCC)cc1)Nc1ccc2c(c1)C(C)(C)C(=O)N2C(C)c1cccc(Cl)c1. The summed E-state index contributed by atoms with van der Waals surface area (Å²) in [6.07, 6.45) is 1.92. The van der Waals surface area contributed by atoms with Crippen LogP contribution in [0.15, 0.2) is 83.9 Å². The van der Waals surface area contributed by atoms with Crippen molar-refractivity contribution in [3.05, 3.63) is 101 Å². The molecule has 3 aromatic rings. The molecule has 1 atom stereocenters. The maximum atomic E-state index is 13.5. The second-order valence-corrected chi connectivity index (χ2v) is 11.3. The lowest BCUT2D eigenvalue weighted by molar-refractivity contribution is -0.122. The summed E-state index contributed by atoms with van der Waals surface area (Å²) in [6, 6.07) is 22.5. The number of hydrogen-bond acceptors (Lipinski definition) is 3. The van der Waals surface area contributed by atoms with E-state index in [9.17, 15) is 4.79 Å². The number of nitrogens with zero attached hydrogens (tertiary/aromatic N) is 1. The molecule has 0 saturated heterocycles. The quantitative estimate of drug-likeness (QED) is 0.297. The molecule has 1 aliphatic rings. The standard InChI is InChI=1S/C30H33ClN2OS/c1-6-16-35-26-13-10-22(11-14-26)17-20(2)32-25-12-15-28-27(19-25)30(4,5)29(34)33(28)21(3)23-8-7-9-24(31)18-23/h7-15,18-19,21,32H,2,6,16-17H2,1,3-5H3. The molecule has 3 aromatic carbocycles. The van der Waals surface area contributed by atoms with Crippen LogP contribution in [0, 0.1) is 0 Å². The largest absolute Gasteiger partial charge is 0.359 e. The van der Waals surface area contributed by atoms with Crippen molar-refractivity contribution in [3.63, 3.8) is 0 Å². The van der Waals surface area contributed by atoms with Crippen LogP contribution in [0.4, 0.5) is 11.4 Å². The van der Waals surface area contributed by atoms with Crippen molar-refractivity contribution >= 4 is 40.6 Å². The zero-order valence-electron chi connectivity index (χ0n) is 20.9. The van der Waals surface area contributed by atoms with E-state index in [0.29, 0.717) is 5.02 Å². The molecule has 0 aromatic heterocycles. The number of allylic oxidation sites excluding steroid dienone is 1. The van der Waals surface area contributed by atoms with Gasteiger partial charge < -0.3 is 10.2 Å². The first-order chi connectivity index (χ1) is 16.7. The second kappa shape index (κ2) is 10.5. The Balaban J connectivity index is 1.51. The molecular weight excluding hydrogens is 472 g/mol. The van der Waals surface area contributed by atoms with Crippen molar-refractivity contribution in [2.45, 2.75) is 56.9 Å². The molecule has 0 saturated carbocycles. The van der Waals surface area contributed by atoms with E-state index in [0.717, 1.165) is 40.4 Å². The molecule has 0 fully saturated rings. The summed E-state index contributed by atoms with van der Waals surface area (Å²) >= 11 is 8.11. The van der Waals surface area contributed by atoms with Gasteiger partial charge in [-0.2, -0.15) is 0 Å². The molecule has 4 rings (SSSR count). The van der Waals surface area contributed by atoms with Gasteiger partial charge in [-0.15, -0.1) is 11.8 Å². The Kier molecular flexibility index (Phi) is 7.63. The van der Waals surface area contributed by atoms with Crippen LogP contribution in [-0.2, 0) is 16.6 Å². The smallest absolute Gasteiger partial charge is 0.237 e. The van der Waals surface area contributed by atoms with Gasteiger partial charge in [-0.05, 0) is 92.1 Å². The van der Waals surface area contributed by atoms with Gasteiger partial charge in [-0.25, -0.2) is 0 Å². The van der Waals surface area contributed by atoms with Gasteiger partial charge in [0, 0.05) is 33.4 Å². The number of halogens is 1. The summed E-state index contributed by atoms with van der Waals surface area (Å²) in [7, 11) is 0. The van der Waals surface area contributed by atoms with Crippen LogP contribution in [0.2, 0.25) is 5.02 Å². The van der Waals surface area contributed by atoms with E-state index in [1.54, 1.807) is 0 Å². The molecule has 35 heavy (non-hydrogen) atoms. The second-order valence-electron chi connectivity index (χ2n) is 9.66. The van der Waals surface area contributed by atoms with Gasteiger partial charge in [-0.1, -0.05) is 49.4 Å². The number of benzene rings is 3. The molecule has 1 aliphatic heterocycles. The monoisotopic (exact) mass is 504 g/mol. The van der Waals surface area contributed by atoms with Crippen molar-refractivity contribution in [3.8, 4) is 0 Å². The fourth-order valence-corrected chi connectivity index (χ4v) is 5.54. The minimum absolute atomic E-state index is 0.0944. The maximum Gasteiger partial charge on any atom is 0.237 e. The fourth-order valence-electron chi connectivity index (χ4n) is 4.57. The molecule has 1 heterocycles. The average molecular weight is 505 g/mol. The Hall–Kier alpha value is -2.69. The first-order valence-corrected chi connectivity index (χ1v) is 13.5. The first-order valence-electron chi connectivity index (χ1n) is 12.1. The normalized spacial score (nSPS) is 15.1. The summed E-state index contributed by atoms with van der Waals surface area (Å²) in [4.78, 5) is 16.7.